The van der Waals surface area contributed by atoms with Crippen LogP contribution in [0.15, 0.2) is 35.2 Å². The molecular formula is C27H34ClF3N4O5S. The van der Waals surface area contributed by atoms with Crippen molar-refractivity contribution in [1.29, 1.82) is 0 Å². The highest BCUT2D eigenvalue weighted by Crippen LogP contribution is 2.34. The molecule has 0 atom stereocenters. The van der Waals surface area contributed by atoms with E-state index in [1.165, 1.54) is 30.0 Å². The van der Waals surface area contributed by atoms with Gasteiger partial charge in [0, 0.05) is 50.0 Å². The van der Waals surface area contributed by atoms with Crippen LogP contribution in [0.5, 0.6) is 0 Å². The summed E-state index contributed by atoms with van der Waals surface area (Å²) in [5.74, 6) is -1.09. The Bertz CT molecular complexity index is 1400. The van der Waals surface area contributed by atoms with Crippen molar-refractivity contribution >= 4 is 39.1 Å². The Balaban J connectivity index is 1.81. The summed E-state index contributed by atoms with van der Waals surface area (Å²) in [6, 6.07) is 5.69. The number of anilines is 1. The predicted octanol–water partition coefficient (Wildman–Crippen LogP) is 4.72. The molecule has 41 heavy (non-hydrogen) atoms. The van der Waals surface area contributed by atoms with Gasteiger partial charge in [-0.2, -0.15) is 13.2 Å². The first-order valence-corrected chi connectivity index (χ1v) is 14.9. The average molecular weight is 619 g/mol. The molecule has 2 amide bonds. The smallest absolute Gasteiger partial charge is 0.416 e. The summed E-state index contributed by atoms with van der Waals surface area (Å²) in [5, 5.41) is 2.72. The summed E-state index contributed by atoms with van der Waals surface area (Å²) in [5.41, 5.74) is 4.30. The molecule has 0 saturated carbocycles. The molecule has 0 radical (unpaired) electrons. The van der Waals surface area contributed by atoms with Crippen molar-refractivity contribution in [2.75, 3.05) is 37.7 Å². The molecule has 2 aromatic carbocycles. The number of nitrogens with one attached hydrogen (secondary N) is 1. The van der Waals surface area contributed by atoms with Gasteiger partial charge in [-0.05, 0) is 62.2 Å². The lowest BCUT2D eigenvalue weighted by Gasteiger charge is -2.35. The van der Waals surface area contributed by atoms with Gasteiger partial charge in [0.25, 0.3) is 5.91 Å². The van der Waals surface area contributed by atoms with Gasteiger partial charge in [0.1, 0.15) is 5.60 Å². The zero-order chi connectivity index (χ0) is 30.8. The van der Waals surface area contributed by atoms with Gasteiger partial charge in [0.2, 0.25) is 0 Å². The molecule has 1 aliphatic heterocycles. The number of carbonyl (C=O) groups is 2. The number of carbonyl (C=O) groups excluding carboxylic acids is 2. The maximum absolute atomic E-state index is 13.8. The van der Waals surface area contributed by atoms with Crippen molar-refractivity contribution in [2.45, 2.75) is 57.5 Å². The molecule has 0 bridgehead atoms. The van der Waals surface area contributed by atoms with E-state index in [0.29, 0.717) is 32.2 Å². The first-order valence-electron chi connectivity index (χ1n) is 12.9. The van der Waals surface area contributed by atoms with Crippen molar-refractivity contribution in [2.24, 2.45) is 0 Å². The van der Waals surface area contributed by atoms with E-state index in [4.69, 9.17) is 22.1 Å². The van der Waals surface area contributed by atoms with Crippen LogP contribution in [-0.4, -0.2) is 67.8 Å². The lowest BCUT2D eigenvalue weighted by atomic mass is 10.0. The minimum atomic E-state index is -4.75. The number of nitrogens with zero attached hydrogens (tertiary/aromatic N) is 2. The molecular weight excluding hydrogens is 585 g/mol. The summed E-state index contributed by atoms with van der Waals surface area (Å²) in [6.45, 7) is 7.80. The van der Waals surface area contributed by atoms with E-state index in [-0.39, 0.29) is 51.1 Å². The molecule has 14 heteroatoms. The summed E-state index contributed by atoms with van der Waals surface area (Å²) in [7, 11) is -3.66. The molecule has 0 spiro atoms. The number of hydrogen-bond donors (Lipinski definition) is 2. The Labute approximate surface area is 242 Å². The second-order valence-electron chi connectivity index (χ2n) is 10.7. The van der Waals surface area contributed by atoms with Crippen molar-refractivity contribution in [1.82, 2.24) is 15.1 Å². The van der Waals surface area contributed by atoms with E-state index in [2.05, 4.69) is 5.32 Å². The number of amides is 2. The fourth-order valence-electron chi connectivity index (χ4n) is 4.27. The number of hydrogen-bond acceptors (Lipinski definition) is 7. The zero-order valence-electron chi connectivity index (χ0n) is 23.3. The van der Waals surface area contributed by atoms with Gasteiger partial charge < -0.3 is 20.7 Å². The van der Waals surface area contributed by atoms with E-state index in [0.717, 1.165) is 6.07 Å². The number of benzene rings is 2. The van der Waals surface area contributed by atoms with Crippen LogP contribution in [0.3, 0.4) is 0 Å². The van der Waals surface area contributed by atoms with Crippen LogP contribution in [-0.2, 0) is 33.8 Å². The van der Waals surface area contributed by atoms with Crippen molar-refractivity contribution in [3.8, 4) is 0 Å². The number of rotatable bonds is 7. The normalized spacial score (nSPS) is 15.1. The van der Waals surface area contributed by atoms with Gasteiger partial charge in [-0.25, -0.2) is 13.2 Å². The molecule has 1 heterocycles. The lowest BCUT2D eigenvalue weighted by Crippen LogP contribution is -2.49. The summed E-state index contributed by atoms with van der Waals surface area (Å²) < 4.78 is 71.7. The molecule has 0 aliphatic carbocycles. The summed E-state index contributed by atoms with van der Waals surface area (Å²) >= 11 is 6.02. The van der Waals surface area contributed by atoms with Crippen molar-refractivity contribution < 1.29 is 35.9 Å². The van der Waals surface area contributed by atoms with Crippen LogP contribution in [0, 0.1) is 0 Å². The third kappa shape index (κ3) is 8.49. The van der Waals surface area contributed by atoms with Crippen LogP contribution < -0.4 is 11.1 Å². The molecule has 0 aromatic heterocycles. The maximum atomic E-state index is 13.8. The van der Waals surface area contributed by atoms with Crippen LogP contribution in [0.25, 0.3) is 0 Å². The molecule has 1 fully saturated rings. The van der Waals surface area contributed by atoms with Crippen LogP contribution >= 0.6 is 11.6 Å². The number of piperazine rings is 1. The molecule has 1 saturated heterocycles. The average Bonchev–Trinajstić information content (AvgIpc) is 2.87. The summed E-state index contributed by atoms with van der Waals surface area (Å²) in [6.07, 6.45) is -5.22. The maximum Gasteiger partial charge on any atom is 0.416 e. The standard InChI is InChI=1S/C27H34ClF3N4O5S/c1-5-41(38,39)22-7-6-20(28)13-17(22)15-33-24(36)21-14-19(27(29,30)31)12-18(23(21)32)16-34-8-10-35(11-9-34)25(37)40-26(2,3)4/h6-7,12-14H,5,8-11,15-16,32H2,1-4H3,(H,33,36). The topological polar surface area (TPSA) is 122 Å². The molecule has 0 unspecified atom stereocenters. The minimum Gasteiger partial charge on any atom is -0.444 e. The zero-order valence-corrected chi connectivity index (χ0v) is 24.8. The van der Waals surface area contributed by atoms with Crippen LogP contribution in [0.2, 0.25) is 5.02 Å². The van der Waals surface area contributed by atoms with Gasteiger partial charge in [0.15, 0.2) is 9.84 Å². The first kappa shape index (κ1) is 32.5. The Hall–Kier alpha value is -3.03. The lowest BCUT2D eigenvalue weighted by molar-refractivity contribution is -0.137. The van der Waals surface area contributed by atoms with E-state index in [9.17, 15) is 31.2 Å². The third-order valence-corrected chi connectivity index (χ3v) is 8.50. The predicted molar refractivity (Wildman–Crippen MR) is 149 cm³/mol. The number of halogens is 4. The molecule has 3 N–H and O–H groups in total. The Morgan fingerprint density at radius 3 is 2.24 bits per heavy atom. The Morgan fingerprint density at radius 1 is 1.05 bits per heavy atom. The monoisotopic (exact) mass is 618 g/mol. The number of nitrogens with two attached hydrogens (primary N) is 1. The Kier molecular flexibility index (Phi) is 9.87. The number of ether oxygens (including phenoxy) is 1. The number of nitrogen functional groups attached to an aromatic ring is 1. The molecule has 2 aromatic rings. The second-order valence-corrected chi connectivity index (χ2v) is 13.4. The van der Waals surface area contributed by atoms with E-state index in [1.807, 2.05) is 4.90 Å². The molecule has 1 aliphatic rings. The third-order valence-electron chi connectivity index (χ3n) is 6.43. The molecule has 3 rings (SSSR count). The largest absolute Gasteiger partial charge is 0.444 e. The highest BCUT2D eigenvalue weighted by Gasteiger charge is 2.34. The number of sulfone groups is 1. The van der Waals surface area contributed by atoms with Crippen molar-refractivity contribution in [3.05, 3.63) is 57.6 Å². The van der Waals surface area contributed by atoms with E-state index in [1.54, 1.807) is 20.8 Å². The quantitative estimate of drug-likeness (QED) is 0.431. The second kappa shape index (κ2) is 12.5. The van der Waals surface area contributed by atoms with Crippen molar-refractivity contribution in [3.63, 3.8) is 0 Å². The first-order chi connectivity index (χ1) is 18.9. The van der Waals surface area contributed by atoms with Crippen LogP contribution in [0.1, 0.15) is 54.7 Å². The van der Waals surface area contributed by atoms with E-state index >= 15 is 0 Å². The fourth-order valence-corrected chi connectivity index (χ4v) is 5.58. The van der Waals surface area contributed by atoms with Gasteiger partial charge in [-0.3, -0.25) is 9.69 Å². The van der Waals surface area contributed by atoms with E-state index < -0.39 is 39.2 Å². The highest BCUT2D eigenvalue weighted by molar-refractivity contribution is 7.91. The highest BCUT2D eigenvalue weighted by atomic mass is 35.5. The minimum absolute atomic E-state index is 0.0192. The van der Waals surface area contributed by atoms with Gasteiger partial charge in [0.05, 0.1) is 21.8 Å². The van der Waals surface area contributed by atoms with Gasteiger partial charge in [-0.1, -0.05) is 18.5 Å². The molecule has 226 valence electrons. The van der Waals surface area contributed by atoms with Gasteiger partial charge in [-0.15, -0.1) is 0 Å². The SMILES string of the molecule is CCS(=O)(=O)c1ccc(Cl)cc1CNC(=O)c1cc(C(F)(F)F)cc(CN2CCN(C(=O)OC(C)(C)C)CC2)c1N. The van der Waals surface area contributed by atoms with Gasteiger partial charge >= 0.3 is 12.3 Å². The fraction of sp³-hybridized carbons (Fsp3) is 0.481. The van der Waals surface area contributed by atoms with Crippen LogP contribution in [0.4, 0.5) is 23.7 Å². The number of alkyl halides is 3. The molecule has 9 nitrogen and oxygen atoms in total. The summed E-state index contributed by atoms with van der Waals surface area (Å²) in [4.78, 5) is 28.8. The Morgan fingerprint density at radius 2 is 1.68 bits per heavy atom.